The normalized spacial score (nSPS) is 24.5. The molecule has 2 aliphatic rings. The number of allylic oxidation sites excluding steroid dienone is 8. The van der Waals surface area contributed by atoms with Gasteiger partial charge in [-0.2, -0.15) is 0 Å². The van der Waals surface area contributed by atoms with Crippen molar-refractivity contribution in [1.82, 2.24) is 0 Å². The third kappa shape index (κ3) is 1.84. The Morgan fingerprint density at radius 1 is 1.25 bits per heavy atom. The van der Waals surface area contributed by atoms with Gasteiger partial charge in [0.1, 0.15) is 0 Å². The van der Waals surface area contributed by atoms with Crippen LogP contribution in [0.3, 0.4) is 0 Å². The van der Waals surface area contributed by atoms with Crippen LogP contribution in [0, 0.1) is 5.92 Å². The van der Waals surface area contributed by atoms with Gasteiger partial charge in [0.05, 0.1) is 0 Å². The fourth-order valence-electron chi connectivity index (χ4n) is 2.70. The Balaban J connectivity index is 2.34. The van der Waals surface area contributed by atoms with E-state index in [4.69, 9.17) is 0 Å². The van der Waals surface area contributed by atoms with Gasteiger partial charge in [-0.05, 0) is 0 Å². The average Bonchev–Trinajstić information content (AvgIpc) is 2.84. The molecule has 0 aromatic heterocycles. The van der Waals surface area contributed by atoms with Crippen molar-refractivity contribution in [2.24, 2.45) is 5.92 Å². The van der Waals surface area contributed by atoms with E-state index in [0.717, 1.165) is 0 Å². The molecule has 2 rings (SSSR count). The second-order valence-corrected chi connectivity index (χ2v) is 10.1. The van der Waals surface area contributed by atoms with E-state index in [2.05, 4.69) is 50.1 Å². The molecule has 0 saturated heterocycles. The predicted molar refractivity (Wildman–Crippen MR) is 69.2 cm³/mol. The fourth-order valence-corrected chi connectivity index (χ4v) is 8.56. The van der Waals surface area contributed by atoms with Crippen LogP contribution in [0.5, 0.6) is 0 Å². The third-order valence-corrected chi connectivity index (χ3v) is 10.5. The molecule has 0 heterocycles. The number of hydrogen-bond acceptors (Lipinski definition) is 0. The topological polar surface area (TPSA) is 0 Å². The van der Waals surface area contributed by atoms with Crippen LogP contribution in [0.4, 0.5) is 0 Å². The molecule has 0 saturated carbocycles. The van der Waals surface area contributed by atoms with Crippen molar-refractivity contribution in [2.75, 3.05) is 0 Å². The van der Waals surface area contributed by atoms with Crippen molar-refractivity contribution in [3.8, 4) is 0 Å². The SMILES string of the molecule is [CH2]=[Zr]([C]1=CC=CC1)[C]1=C(C)C(C)=C(C)C1C. The van der Waals surface area contributed by atoms with Crippen molar-refractivity contribution in [2.45, 2.75) is 34.1 Å². The van der Waals surface area contributed by atoms with E-state index in [0.29, 0.717) is 5.92 Å². The first-order chi connectivity index (χ1) is 7.54. The minimum absolute atomic E-state index is 0.661. The molecule has 0 aliphatic heterocycles. The van der Waals surface area contributed by atoms with Gasteiger partial charge in [-0.3, -0.25) is 0 Å². The number of rotatable bonds is 2. The van der Waals surface area contributed by atoms with Gasteiger partial charge in [-0.1, -0.05) is 0 Å². The first kappa shape index (κ1) is 12.2. The van der Waals surface area contributed by atoms with Gasteiger partial charge >= 0.3 is 107 Å². The van der Waals surface area contributed by atoms with Crippen LogP contribution >= 0.6 is 0 Å². The van der Waals surface area contributed by atoms with E-state index in [1.165, 1.54) is 12.0 Å². The minimum atomic E-state index is -1.73. The molecule has 0 fully saturated rings. The van der Waals surface area contributed by atoms with Crippen molar-refractivity contribution >= 4 is 4.21 Å². The molecular weight excluding hydrogens is 271 g/mol. The summed E-state index contributed by atoms with van der Waals surface area (Å²) in [7, 11) is 0. The molecule has 0 spiro atoms. The van der Waals surface area contributed by atoms with Gasteiger partial charge in [0.25, 0.3) is 0 Å². The van der Waals surface area contributed by atoms with E-state index in [9.17, 15) is 0 Å². The van der Waals surface area contributed by atoms with E-state index < -0.39 is 21.3 Å². The molecule has 16 heavy (non-hydrogen) atoms. The van der Waals surface area contributed by atoms with Gasteiger partial charge in [0, 0.05) is 0 Å². The summed E-state index contributed by atoms with van der Waals surface area (Å²) in [5.74, 6) is 0.661. The van der Waals surface area contributed by atoms with E-state index in [1.807, 2.05) is 0 Å². The van der Waals surface area contributed by atoms with Crippen LogP contribution in [0.1, 0.15) is 34.1 Å². The second-order valence-electron chi connectivity index (χ2n) is 4.87. The monoisotopic (exact) mass is 290 g/mol. The maximum absolute atomic E-state index is 4.58. The fraction of sp³-hybridized carbons (Fsp3) is 0.400. The van der Waals surface area contributed by atoms with Crippen LogP contribution < -0.4 is 0 Å². The standard InChI is InChI=1S/C9H13.C5H5.CH2.Zr/c1-6-5-7(2)9(4)8(6)3;1-2-4-5-3-1;;/h6H,1-4H3;1-3H,4H2;1H2;. The van der Waals surface area contributed by atoms with E-state index >= 15 is 0 Å². The third-order valence-electron chi connectivity index (χ3n) is 4.12. The van der Waals surface area contributed by atoms with Crippen LogP contribution in [-0.2, 0) is 21.3 Å². The Bertz CT molecular complexity index is 470. The molecule has 84 valence electrons. The zero-order valence-electron chi connectivity index (χ0n) is 10.7. The Morgan fingerprint density at radius 2 is 1.94 bits per heavy atom. The summed E-state index contributed by atoms with van der Waals surface area (Å²) in [5.41, 5.74) is 4.65. The molecule has 0 bridgehead atoms. The zero-order chi connectivity index (χ0) is 11.9. The summed E-state index contributed by atoms with van der Waals surface area (Å²) in [6.07, 6.45) is 7.95. The number of hydrogen-bond donors (Lipinski definition) is 0. The van der Waals surface area contributed by atoms with Gasteiger partial charge in [0.15, 0.2) is 0 Å². The summed E-state index contributed by atoms with van der Waals surface area (Å²) < 4.78 is 7.96. The Labute approximate surface area is 107 Å². The first-order valence-electron chi connectivity index (χ1n) is 5.98. The molecule has 1 unspecified atom stereocenters. The van der Waals surface area contributed by atoms with Gasteiger partial charge in [-0.25, -0.2) is 0 Å². The van der Waals surface area contributed by atoms with Crippen molar-refractivity contribution < 1.29 is 21.3 Å². The van der Waals surface area contributed by atoms with E-state index in [1.54, 1.807) is 17.7 Å². The Hall–Kier alpha value is -0.287. The molecule has 0 nitrogen and oxygen atoms in total. The zero-order valence-corrected chi connectivity index (χ0v) is 13.2. The summed E-state index contributed by atoms with van der Waals surface area (Å²) >= 11 is -1.73. The first-order valence-corrected chi connectivity index (χ1v) is 10.2. The van der Waals surface area contributed by atoms with Gasteiger partial charge in [-0.15, -0.1) is 0 Å². The average molecular weight is 292 g/mol. The molecule has 2 aliphatic carbocycles. The summed E-state index contributed by atoms with van der Waals surface area (Å²) in [6, 6.07) is 0. The van der Waals surface area contributed by atoms with Crippen molar-refractivity contribution in [3.05, 3.63) is 41.5 Å². The van der Waals surface area contributed by atoms with Crippen molar-refractivity contribution in [1.29, 1.82) is 0 Å². The van der Waals surface area contributed by atoms with Crippen LogP contribution in [0.25, 0.3) is 0 Å². The predicted octanol–water partition coefficient (Wildman–Crippen LogP) is 4.14. The second kappa shape index (κ2) is 4.53. The molecule has 1 atom stereocenters. The molecule has 0 radical (unpaired) electrons. The molecule has 0 amide bonds. The van der Waals surface area contributed by atoms with Crippen LogP contribution in [-0.4, -0.2) is 4.21 Å². The Morgan fingerprint density at radius 3 is 2.38 bits per heavy atom. The van der Waals surface area contributed by atoms with Gasteiger partial charge in [0.2, 0.25) is 0 Å². The molecule has 1 heteroatoms. The summed E-state index contributed by atoms with van der Waals surface area (Å²) in [5, 5.41) is 0. The summed E-state index contributed by atoms with van der Waals surface area (Å²) in [4.78, 5) is 0. The maximum atomic E-state index is 4.58. The van der Waals surface area contributed by atoms with Gasteiger partial charge < -0.3 is 0 Å². The van der Waals surface area contributed by atoms with Crippen molar-refractivity contribution in [3.63, 3.8) is 0 Å². The molecule has 0 aromatic rings. The molecule has 0 aromatic carbocycles. The van der Waals surface area contributed by atoms with Crippen LogP contribution in [0.15, 0.2) is 41.5 Å². The molecular formula is C15H20Zr. The molecule has 0 N–H and O–H groups in total. The Kier molecular flexibility index (Phi) is 3.45. The van der Waals surface area contributed by atoms with Crippen LogP contribution in [0.2, 0.25) is 0 Å². The quantitative estimate of drug-likeness (QED) is 0.717. The van der Waals surface area contributed by atoms with E-state index in [-0.39, 0.29) is 0 Å². The summed E-state index contributed by atoms with van der Waals surface area (Å²) in [6.45, 7) is 9.21.